The SMILES string of the molecule is O=C(Nc1ccn(CCN2CCOCC2)n1)c1c[nH]c2cccc(Br)c12. The molecule has 7 nitrogen and oxygen atoms in total. The zero-order valence-electron chi connectivity index (χ0n) is 14.2. The Morgan fingerprint density at radius 2 is 2.12 bits per heavy atom. The quantitative estimate of drug-likeness (QED) is 0.668. The summed E-state index contributed by atoms with van der Waals surface area (Å²) in [5, 5.41) is 8.20. The molecule has 3 aromatic rings. The number of carbonyl (C=O) groups excluding carboxylic acids is 1. The number of nitrogens with one attached hydrogen (secondary N) is 2. The van der Waals surface area contributed by atoms with Gasteiger partial charge in [0, 0.05) is 53.5 Å². The van der Waals surface area contributed by atoms with Gasteiger partial charge in [-0.1, -0.05) is 22.0 Å². The molecule has 1 aliphatic rings. The van der Waals surface area contributed by atoms with E-state index in [0.29, 0.717) is 11.4 Å². The standard InChI is InChI=1S/C18H20BrN5O2/c19-14-2-1-3-15-17(14)13(12-20-15)18(25)21-16-4-5-24(22-16)7-6-23-8-10-26-11-9-23/h1-5,12,20H,6-11H2,(H,21,22,25). The number of amides is 1. The van der Waals surface area contributed by atoms with Crippen molar-refractivity contribution in [1.82, 2.24) is 19.7 Å². The molecule has 2 N–H and O–H groups in total. The number of fused-ring (bicyclic) bond motifs is 1. The summed E-state index contributed by atoms with van der Waals surface area (Å²) >= 11 is 3.51. The number of benzene rings is 1. The third-order valence-corrected chi connectivity index (χ3v) is 5.19. The second kappa shape index (κ2) is 7.61. The van der Waals surface area contributed by atoms with E-state index in [1.54, 1.807) is 6.20 Å². The Kier molecular flexibility index (Phi) is 5.05. The highest BCUT2D eigenvalue weighted by Crippen LogP contribution is 2.27. The molecule has 0 saturated carbocycles. The normalized spacial score (nSPS) is 15.4. The van der Waals surface area contributed by atoms with Crippen molar-refractivity contribution in [1.29, 1.82) is 0 Å². The van der Waals surface area contributed by atoms with Crippen molar-refractivity contribution >= 4 is 38.6 Å². The minimum absolute atomic E-state index is 0.179. The Morgan fingerprint density at radius 3 is 2.96 bits per heavy atom. The lowest BCUT2D eigenvalue weighted by atomic mass is 10.1. The molecule has 3 heterocycles. The Labute approximate surface area is 159 Å². The van der Waals surface area contributed by atoms with Crippen LogP contribution in [0.4, 0.5) is 5.82 Å². The van der Waals surface area contributed by atoms with E-state index < -0.39 is 0 Å². The van der Waals surface area contributed by atoms with Crippen LogP contribution in [-0.2, 0) is 11.3 Å². The van der Waals surface area contributed by atoms with Crippen LogP contribution in [-0.4, -0.2) is 58.4 Å². The van der Waals surface area contributed by atoms with Crippen molar-refractivity contribution in [2.45, 2.75) is 6.54 Å². The topological polar surface area (TPSA) is 75.2 Å². The summed E-state index contributed by atoms with van der Waals surface area (Å²) in [6.45, 7) is 5.21. The Hall–Kier alpha value is -2.16. The minimum atomic E-state index is -0.179. The number of morpholine rings is 1. The molecular weight excluding hydrogens is 398 g/mol. The highest BCUT2D eigenvalue weighted by molar-refractivity contribution is 9.10. The van der Waals surface area contributed by atoms with Gasteiger partial charge >= 0.3 is 0 Å². The zero-order valence-corrected chi connectivity index (χ0v) is 15.8. The van der Waals surface area contributed by atoms with Gasteiger partial charge in [-0.05, 0) is 12.1 Å². The van der Waals surface area contributed by atoms with Gasteiger partial charge < -0.3 is 15.0 Å². The van der Waals surface area contributed by atoms with E-state index >= 15 is 0 Å². The number of rotatable bonds is 5. The monoisotopic (exact) mass is 417 g/mol. The largest absolute Gasteiger partial charge is 0.379 e. The first kappa shape index (κ1) is 17.3. The van der Waals surface area contributed by atoms with E-state index in [0.717, 1.165) is 54.8 Å². The van der Waals surface area contributed by atoms with Crippen molar-refractivity contribution in [3.63, 3.8) is 0 Å². The second-order valence-electron chi connectivity index (χ2n) is 6.24. The van der Waals surface area contributed by atoms with Gasteiger partial charge in [0.1, 0.15) is 0 Å². The van der Waals surface area contributed by atoms with E-state index in [2.05, 4.69) is 36.2 Å². The lowest BCUT2D eigenvalue weighted by molar-refractivity contribution is 0.0360. The van der Waals surface area contributed by atoms with Crippen LogP contribution in [0.15, 0.2) is 41.1 Å². The van der Waals surface area contributed by atoms with Gasteiger partial charge in [-0.15, -0.1) is 0 Å². The van der Waals surface area contributed by atoms with Crippen LogP contribution < -0.4 is 5.32 Å². The number of H-pyrrole nitrogens is 1. The average molecular weight is 418 g/mol. The fraction of sp³-hybridized carbons (Fsp3) is 0.333. The molecule has 1 amide bonds. The second-order valence-corrected chi connectivity index (χ2v) is 7.09. The van der Waals surface area contributed by atoms with E-state index in [1.165, 1.54) is 0 Å². The number of hydrogen-bond donors (Lipinski definition) is 2. The first-order chi connectivity index (χ1) is 12.7. The summed E-state index contributed by atoms with van der Waals surface area (Å²) in [6, 6.07) is 7.62. The smallest absolute Gasteiger partial charge is 0.259 e. The maximum Gasteiger partial charge on any atom is 0.259 e. The van der Waals surface area contributed by atoms with Crippen LogP contribution in [0.5, 0.6) is 0 Å². The lowest BCUT2D eigenvalue weighted by Crippen LogP contribution is -2.38. The van der Waals surface area contributed by atoms with E-state index in [4.69, 9.17) is 4.74 Å². The number of aromatic nitrogens is 3. The average Bonchev–Trinajstić information content (AvgIpc) is 3.28. The number of halogens is 1. The molecule has 1 aromatic carbocycles. The number of hydrogen-bond acceptors (Lipinski definition) is 4. The molecule has 8 heteroatoms. The fourth-order valence-electron chi connectivity index (χ4n) is 3.12. The van der Waals surface area contributed by atoms with Crippen LogP contribution >= 0.6 is 15.9 Å². The van der Waals surface area contributed by atoms with Crippen molar-refractivity contribution < 1.29 is 9.53 Å². The summed E-state index contributed by atoms with van der Waals surface area (Å²) in [4.78, 5) is 18.1. The summed E-state index contributed by atoms with van der Waals surface area (Å²) in [5.74, 6) is 0.375. The first-order valence-corrected chi connectivity index (χ1v) is 9.40. The molecule has 1 aliphatic heterocycles. The maximum absolute atomic E-state index is 12.6. The lowest BCUT2D eigenvalue weighted by Gasteiger charge is -2.26. The van der Waals surface area contributed by atoms with E-state index in [9.17, 15) is 4.79 Å². The molecular formula is C18H20BrN5O2. The van der Waals surface area contributed by atoms with Crippen LogP contribution in [0.2, 0.25) is 0 Å². The summed E-state index contributed by atoms with van der Waals surface area (Å²) in [7, 11) is 0. The molecule has 0 atom stereocenters. The molecule has 136 valence electrons. The molecule has 0 bridgehead atoms. The van der Waals surface area contributed by atoms with Crippen molar-refractivity contribution in [3.05, 3.63) is 46.7 Å². The molecule has 1 saturated heterocycles. The maximum atomic E-state index is 12.6. The molecule has 0 unspecified atom stereocenters. The molecule has 0 spiro atoms. The van der Waals surface area contributed by atoms with Gasteiger partial charge in [0.15, 0.2) is 5.82 Å². The van der Waals surface area contributed by atoms with Gasteiger partial charge in [0.05, 0.1) is 25.3 Å². The minimum Gasteiger partial charge on any atom is -0.379 e. The Balaban J connectivity index is 1.41. The van der Waals surface area contributed by atoms with E-state index in [-0.39, 0.29) is 5.91 Å². The van der Waals surface area contributed by atoms with E-state index in [1.807, 2.05) is 35.1 Å². The first-order valence-electron chi connectivity index (χ1n) is 8.61. The Bertz CT molecular complexity index is 913. The van der Waals surface area contributed by atoms with Crippen LogP contribution in [0, 0.1) is 0 Å². The third-order valence-electron chi connectivity index (χ3n) is 4.53. The predicted octanol–water partition coefficient (Wildman–Crippen LogP) is 2.71. The number of carbonyl (C=O) groups is 1. The van der Waals surface area contributed by atoms with Gasteiger partial charge in [0.25, 0.3) is 5.91 Å². The van der Waals surface area contributed by atoms with Crippen LogP contribution in [0.3, 0.4) is 0 Å². The Morgan fingerprint density at radius 1 is 1.27 bits per heavy atom. The fourth-order valence-corrected chi connectivity index (χ4v) is 3.70. The molecule has 0 radical (unpaired) electrons. The molecule has 1 fully saturated rings. The van der Waals surface area contributed by atoms with Gasteiger partial charge in [-0.3, -0.25) is 14.4 Å². The van der Waals surface area contributed by atoms with Gasteiger partial charge in [-0.25, -0.2) is 0 Å². The van der Waals surface area contributed by atoms with Crippen LogP contribution in [0.25, 0.3) is 10.9 Å². The zero-order chi connectivity index (χ0) is 17.9. The highest BCUT2D eigenvalue weighted by atomic mass is 79.9. The highest BCUT2D eigenvalue weighted by Gasteiger charge is 2.15. The van der Waals surface area contributed by atoms with Crippen LogP contribution in [0.1, 0.15) is 10.4 Å². The summed E-state index contributed by atoms with van der Waals surface area (Å²) in [6.07, 6.45) is 3.61. The molecule has 26 heavy (non-hydrogen) atoms. The predicted molar refractivity (Wildman–Crippen MR) is 103 cm³/mol. The number of anilines is 1. The molecule has 0 aliphatic carbocycles. The van der Waals surface area contributed by atoms with Crippen molar-refractivity contribution in [3.8, 4) is 0 Å². The van der Waals surface area contributed by atoms with Gasteiger partial charge in [0.2, 0.25) is 0 Å². The van der Waals surface area contributed by atoms with Gasteiger partial charge in [-0.2, -0.15) is 5.10 Å². The molecule has 2 aromatic heterocycles. The molecule has 4 rings (SSSR count). The number of aromatic amines is 1. The van der Waals surface area contributed by atoms with Crippen molar-refractivity contribution in [2.75, 3.05) is 38.2 Å². The number of ether oxygens (including phenoxy) is 1. The third kappa shape index (κ3) is 3.67. The summed E-state index contributed by atoms with van der Waals surface area (Å²) in [5.41, 5.74) is 1.51. The van der Waals surface area contributed by atoms with Crippen molar-refractivity contribution in [2.24, 2.45) is 0 Å². The number of nitrogens with zero attached hydrogens (tertiary/aromatic N) is 3. The summed E-state index contributed by atoms with van der Waals surface area (Å²) < 4.78 is 8.10.